The van der Waals surface area contributed by atoms with Crippen LogP contribution in [-0.2, 0) is 16.1 Å². The molecule has 9 heteroatoms. The highest BCUT2D eigenvalue weighted by molar-refractivity contribution is 6.30. The molecule has 0 amide bonds. The number of ether oxygens (including phenoxy) is 3. The Kier molecular flexibility index (Phi) is 7.12. The number of hydrogen-bond acceptors (Lipinski definition) is 7. The fourth-order valence-corrected chi connectivity index (χ4v) is 3.74. The molecule has 178 valence electrons. The Labute approximate surface area is 206 Å². The number of halogens is 1. The molecular weight excluding hydrogens is 472 g/mol. The Balaban J connectivity index is 1.59. The second kappa shape index (κ2) is 10.4. The van der Waals surface area contributed by atoms with Crippen LogP contribution >= 0.6 is 11.6 Å². The summed E-state index contributed by atoms with van der Waals surface area (Å²) in [6.07, 6.45) is 1.56. The molecule has 1 heterocycles. The van der Waals surface area contributed by atoms with Crippen LogP contribution in [0.15, 0.2) is 71.4 Å². The van der Waals surface area contributed by atoms with Gasteiger partial charge in [-0.3, -0.25) is 10.1 Å². The van der Waals surface area contributed by atoms with Crippen molar-refractivity contribution in [3.63, 3.8) is 0 Å². The van der Waals surface area contributed by atoms with Gasteiger partial charge in [-0.2, -0.15) is 0 Å². The summed E-state index contributed by atoms with van der Waals surface area (Å²) in [6, 6.07) is 17.2. The minimum Gasteiger partial charge on any atom is -0.490 e. The molecule has 8 nitrogen and oxygen atoms in total. The molecule has 0 radical (unpaired) electrons. The van der Waals surface area contributed by atoms with E-state index in [9.17, 15) is 14.9 Å². The molecule has 0 N–H and O–H groups in total. The molecule has 0 saturated carbocycles. The Bertz CT molecular complexity index is 1370. The highest BCUT2D eigenvalue weighted by Gasteiger charge is 2.27. The zero-order chi connectivity index (χ0) is 24.9. The van der Waals surface area contributed by atoms with Crippen LogP contribution in [0.3, 0.4) is 0 Å². The molecule has 0 aliphatic carbocycles. The van der Waals surface area contributed by atoms with Crippen LogP contribution in [-0.4, -0.2) is 23.4 Å². The summed E-state index contributed by atoms with van der Waals surface area (Å²) < 4.78 is 16.9. The third-order valence-electron chi connectivity index (χ3n) is 5.21. The molecule has 35 heavy (non-hydrogen) atoms. The molecule has 1 aliphatic rings. The maximum atomic E-state index is 12.5. The van der Waals surface area contributed by atoms with E-state index in [1.807, 2.05) is 25.1 Å². The van der Waals surface area contributed by atoms with E-state index in [4.69, 9.17) is 25.8 Å². The molecule has 0 bridgehead atoms. The van der Waals surface area contributed by atoms with E-state index in [0.717, 1.165) is 5.56 Å². The van der Waals surface area contributed by atoms with Crippen LogP contribution in [0.5, 0.6) is 11.5 Å². The van der Waals surface area contributed by atoms with Crippen molar-refractivity contribution < 1.29 is 23.9 Å². The molecule has 0 saturated heterocycles. The standard InChI is InChI=1S/C26H21ClN2O6/c1-3-33-24-14-17(10-11-23(24)34-15-18-6-4-7-19(27)12-18)13-21-26(30)35-25(28-21)20-8-5-9-22(16(20)2)29(31)32/h4-14H,3,15H2,1-2H3/b21-13-. The maximum Gasteiger partial charge on any atom is 0.363 e. The predicted octanol–water partition coefficient (Wildman–Crippen LogP) is 5.88. The summed E-state index contributed by atoms with van der Waals surface area (Å²) >= 11 is 6.04. The summed E-state index contributed by atoms with van der Waals surface area (Å²) in [5.74, 6) is 0.424. The number of nitro groups is 1. The number of carbonyl (C=O) groups excluding carboxylic acids is 1. The van der Waals surface area contributed by atoms with E-state index in [-0.39, 0.29) is 17.3 Å². The number of aliphatic imine (C=N–C) groups is 1. The van der Waals surface area contributed by atoms with Crippen LogP contribution < -0.4 is 9.47 Å². The molecule has 0 fully saturated rings. The van der Waals surface area contributed by atoms with Gasteiger partial charge in [-0.1, -0.05) is 35.9 Å². The van der Waals surface area contributed by atoms with Crippen LogP contribution in [0.2, 0.25) is 5.02 Å². The molecule has 3 aromatic carbocycles. The monoisotopic (exact) mass is 492 g/mol. The molecule has 0 aromatic heterocycles. The minimum atomic E-state index is -0.648. The van der Waals surface area contributed by atoms with Crippen molar-refractivity contribution in [2.75, 3.05) is 6.61 Å². The maximum absolute atomic E-state index is 12.5. The second-order valence-electron chi connectivity index (χ2n) is 7.60. The lowest BCUT2D eigenvalue weighted by Gasteiger charge is -2.13. The van der Waals surface area contributed by atoms with E-state index in [1.165, 1.54) is 12.1 Å². The van der Waals surface area contributed by atoms with Gasteiger partial charge in [0.2, 0.25) is 5.90 Å². The number of cyclic esters (lactones) is 1. The number of hydrogen-bond donors (Lipinski definition) is 0. The molecule has 0 atom stereocenters. The third-order valence-corrected chi connectivity index (χ3v) is 5.44. The summed E-state index contributed by atoms with van der Waals surface area (Å²) in [6.45, 7) is 4.17. The van der Waals surface area contributed by atoms with E-state index in [0.29, 0.717) is 46.4 Å². The summed E-state index contributed by atoms with van der Waals surface area (Å²) in [5.41, 5.74) is 2.31. The average molecular weight is 493 g/mol. The number of benzene rings is 3. The third kappa shape index (κ3) is 5.50. The predicted molar refractivity (Wildman–Crippen MR) is 132 cm³/mol. The lowest BCUT2D eigenvalue weighted by atomic mass is 10.1. The van der Waals surface area contributed by atoms with Crippen molar-refractivity contribution in [1.29, 1.82) is 0 Å². The van der Waals surface area contributed by atoms with Crippen molar-refractivity contribution in [3.8, 4) is 11.5 Å². The average Bonchev–Trinajstić information content (AvgIpc) is 3.18. The zero-order valence-corrected chi connectivity index (χ0v) is 19.7. The van der Waals surface area contributed by atoms with E-state index < -0.39 is 10.9 Å². The largest absolute Gasteiger partial charge is 0.490 e. The van der Waals surface area contributed by atoms with Crippen molar-refractivity contribution in [1.82, 2.24) is 0 Å². The number of esters is 1. The van der Waals surface area contributed by atoms with Crippen LogP contribution in [0.25, 0.3) is 6.08 Å². The SMILES string of the molecule is CCOc1cc(/C=C2\N=C(c3cccc([N+](=O)[O-])c3C)OC2=O)ccc1OCc1cccc(Cl)c1. The van der Waals surface area contributed by atoms with Gasteiger partial charge in [0.05, 0.1) is 11.5 Å². The van der Waals surface area contributed by atoms with Gasteiger partial charge in [-0.05, 0) is 61.4 Å². The van der Waals surface area contributed by atoms with Gasteiger partial charge in [0.25, 0.3) is 5.69 Å². The van der Waals surface area contributed by atoms with E-state index in [1.54, 1.807) is 43.3 Å². The summed E-state index contributed by atoms with van der Waals surface area (Å²) in [7, 11) is 0. The first-order valence-corrected chi connectivity index (χ1v) is 11.1. The first-order chi connectivity index (χ1) is 16.9. The van der Waals surface area contributed by atoms with Crippen LogP contribution in [0, 0.1) is 17.0 Å². The van der Waals surface area contributed by atoms with Crippen LogP contribution in [0.1, 0.15) is 29.2 Å². The molecule has 0 spiro atoms. The quantitative estimate of drug-likeness (QED) is 0.168. The fraction of sp³-hybridized carbons (Fsp3) is 0.154. The van der Waals surface area contributed by atoms with Crippen molar-refractivity contribution in [2.24, 2.45) is 4.99 Å². The highest BCUT2D eigenvalue weighted by atomic mass is 35.5. The first-order valence-electron chi connectivity index (χ1n) is 10.8. The van der Waals surface area contributed by atoms with Gasteiger partial charge < -0.3 is 14.2 Å². The Morgan fingerprint density at radius 2 is 1.89 bits per heavy atom. The lowest BCUT2D eigenvalue weighted by molar-refractivity contribution is -0.385. The highest BCUT2D eigenvalue weighted by Crippen LogP contribution is 2.31. The molecule has 0 unspecified atom stereocenters. The first kappa shape index (κ1) is 24.0. The Morgan fingerprint density at radius 3 is 2.63 bits per heavy atom. The smallest absolute Gasteiger partial charge is 0.363 e. The van der Waals surface area contributed by atoms with Gasteiger partial charge in [0.15, 0.2) is 17.2 Å². The molecular formula is C26H21ClN2O6. The van der Waals surface area contributed by atoms with Gasteiger partial charge >= 0.3 is 5.97 Å². The van der Waals surface area contributed by atoms with Crippen molar-refractivity contribution in [3.05, 3.63) is 104 Å². The van der Waals surface area contributed by atoms with Crippen molar-refractivity contribution in [2.45, 2.75) is 20.5 Å². The molecule has 3 aromatic rings. The number of nitrogens with zero attached hydrogens (tertiary/aromatic N) is 2. The fourth-order valence-electron chi connectivity index (χ4n) is 3.52. The van der Waals surface area contributed by atoms with Crippen molar-refractivity contribution >= 4 is 35.2 Å². The Morgan fingerprint density at radius 1 is 1.09 bits per heavy atom. The second-order valence-corrected chi connectivity index (χ2v) is 8.04. The molecule has 4 rings (SSSR count). The van der Waals surface area contributed by atoms with Gasteiger partial charge in [0, 0.05) is 22.2 Å². The van der Waals surface area contributed by atoms with E-state index >= 15 is 0 Å². The summed E-state index contributed by atoms with van der Waals surface area (Å²) in [4.78, 5) is 27.5. The normalized spacial score (nSPS) is 14.0. The van der Waals surface area contributed by atoms with Gasteiger partial charge in [-0.25, -0.2) is 9.79 Å². The van der Waals surface area contributed by atoms with E-state index in [2.05, 4.69) is 4.99 Å². The Hall–Kier alpha value is -4.17. The topological polar surface area (TPSA) is 100 Å². The number of nitro benzene ring substituents is 1. The van der Waals surface area contributed by atoms with Gasteiger partial charge in [-0.15, -0.1) is 0 Å². The zero-order valence-electron chi connectivity index (χ0n) is 19.0. The lowest BCUT2D eigenvalue weighted by Crippen LogP contribution is -2.08. The molecule has 1 aliphatic heterocycles. The summed E-state index contributed by atoms with van der Waals surface area (Å²) in [5, 5.41) is 11.9. The number of carbonyl (C=O) groups is 1. The van der Waals surface area contributed by atoms with Crippen LogP contribution in [0.4, 0.5) is 5.69 Å². The number of rotatable bonds is 8. The minimum absolute atomic E-state index is 0.0222. The van der Waals surface area contributed by atoms with Gasteiger partial charge in [0.1, 0.15) is 6.61 Å².